The van der Waals surface area contributed by atoms with Gasteiger partial charge in [-0.15, -0.1) is 0 Å². The molecule has 1 aromatic rings. The number of anilines is 1. The lowest BCUT2D eigenvalue weighted by atomic mass is 10.3. The van der Waals surface area contributed by atoms with Crippen LogP contribution in [0, 0.1) is 0 Å². The average molecular weight is 196 g/mol. The van der Waals surface area contributed by atoms with Crippen molar-refractivity contribution in [1.82, 2.24) is 15.1 Å². The Morgan fingerprint density at radius 1 is 1.79 bits per heavy atom. The fourth-order valence-corrected chi connectivity index (χ4v) is 1.08. The van der Waals surface area contributed by atoms with Gasteiger partial charge in [-0.1, -0.05) is 6.92 Å². The summed E-state index contributed by atoms with van der Waals surface area (Å²) in [7, 11) is 0. The maximum Gasteiger partial charge on any atom is 0.244 e. The topological polar surface area (TPSA) is 72.9 Å². The van der Waals surface area contributed by atoms with Crippen molar-refractivity contribution in [1.29, 1.82) is 0 Å². The lowest BCUT2D eigenvalue weighted by Gasteiger charge is -2.11. The zero-order valence-corrected chi connectivity index (χ0v) is 8.53. The third kappa shape index (κ3) is 2.48. The Morgan fingerprint density at radius 3 is 3.00 bits per heavy atom. The van der Waals surface area contributed by atoms with E-state index in [0.29, 0.717) is 12.4 Å². The molecule has 0 aliphatic heterocycles. The summed E-state index contributed by atoms with van der Waals surface area (Å²) in [6, 6.07) is 1.36. The number of rotatable bonds is 4. The van der Waals surface area contributed by atoms with Gasteiger partial charge in [-0.05, 0) is 19.4 Å². The van der Waals surface area contributed by atoms with Crippen molar-refractivity contribution in [3.05, 3.63) is 12.3 Å². The van der Waals surface area contributed by atoms with Crippen LogP contribution in [0.5, 0.6) is 0 Å². The molecule has 1 heterocycles. The van der Waals surface area contributed by atoms with E-state index in [4.69, 9.17) is 5.73 Å². The van der Waals surface area contributed by atoms with Gasteiger partial charge in [0.15, 0.2) is 0 Å². The van der Waals surface area contributed by atoms with E-state index < -0.39 is 0 Å². The first-order valence-electron chi connectivity index (χ1n) is 4.73. The summed E-state index contributed by atoms with van der Waals surface area (Å²) in [6.45, 7) is 4.49. The number of nitrogens with one attached hydrogen (secondary N) is 1. The van der Waals surface area contributed by atoms with Crippen LogP contribution in [0.3, 0.4) is 0 Å². The highest BCUT2D eigenvalue weighted by Crippen LogP contribution is 2.06. The Hall–Kier alpha value is -1.52. The minimum Gasteiger partial charge on any atom is -0.382 e. The van der Waals surface area contributed by atoms with Gasteiger partial charge < -0.3 is 11.1 Å². The van der Waals surface area contributed by atoms with Gasteiger partial charge in [0.2, 0.25) is 5.91 Å². The summed E-state index contributed by atoms with van der Waals surface area (Å²) < 4.78 is 1.56. The van der Waals surface area contributed by atoms with E-state index in [1.807, 2.05) is 6.92 Å². The number of aromatic nitrogens is 2. The Balaban J connectivity index is 2.56. The molecular weight excluding hydrogens is 180 g/mol. The molecule has 0 saturated carbocycles. The van der Waals surface area contributed by atoms with Crippen LogP contribution in [0.4, 0.5) is 5.82 Å². The Labute approximate surface area is 83.3 Å². The lowest BCUT2D eigenvalue weighted by molar-refractivity contribution is -0.124. The fraction of sp³-hybridized carbons (Fsp3) is 0.556. The minimum absolute atomic E-state index is 0.0325. The van der Waals surface area contributed by atoms with Crippen LogP contribution in [0.25, 0.3) is 0 Å². The van der Waals surface area contributed by atoms with Gasteiger partial charge in [0.1, 0.15) is 11.9 Å². The normalized spacial score (nSPS) is 12.4. The van der Waals surface area contributed by atoms with Gasteiger partial charge in [-0.25, -0.2) is 0 Å². The first-order valence-corrected chi connectivity index (χ1v) is 4.73. The minimum atomic E-state index is -0.307. The fourth-order valence-electron chi connectivity index (χ4n) is 1.08. The standard InChI is InChI=1S/C9H16N4O/c1-3-5-11-9(14)7(2)13-6-4-8(10)12-13/h4,6-7H,3,5H2,1-2H3,(H2,10,12)(H,11,14). The number of nitrogens with zero attached hydrogens (tertiary/aromatic N) is 2. The molecule has 1 aromatic heterocycles. The van der Waals surface area contributed by atoms with Crippen LogP contribution in [-0.4, -0.2) is 22.2 Å². The van der Waals surface area contributed by atoms with Crippen molar-refractivity contribution in [2.24, 2.45) is 0 Å². The van der Waals surface area contributed by atoms with Crippen molar-refractivity contribution in [3.63, 3.8) is 0 Å². The van der Waals surface area contributed by atoms with Gasteiger partial charge in [0.05, 0.1) is 0 Å². The smallest absolute Gasteiger partial charge is 0.244 e. The Kier molecular flexibility index (Phi) is 3.50. The van der Waals surface area contributed by atoms with Crippen molar-refractivity contribution >= 4 is 11.7 Å². The lowest BCUT2D eigenvalue weighted by Crippen LogP contribution is -2.31. The SMILES string of the molecule is CCCNC(=O)C(C)n1ccc(N)n1. The van der Waals surface area contributed by atoms with Crippen molar-refractivity contribution < 1.29 is 4.79 Å². The van der Waals surface area contributed by atoms with Crippen LogP contribution in [0.1, 0.15) is 26.3 Å². The van der Waals surface area contributed by atoms with Gasteiger partial charge in [-0.3, -0.25) is 9.48 Å². The second kappa shape index (κ2) is 4.64. The van der Waals surface area contributed by atoms with Gasteiger partial charge in [0.25, 0.3) is 0 Å². The molecule has 0 bridgehead atoms. The molecule has 0 aromatic carbocycles. The zero-order valence-electron chi connectivity index (χ0n) is 8.53. The Bertz CT molecular complexity index is 308. The van der Waals surface area contributed by atoms with E-state index in [-0.39, 0.29) is 11.9 Å². The average Bonchev–Trinajstić information content (AvgIpc) is 2.60. The summed E-state index contributed by atoms with van der Waals surface area (Å²) in [5.74, 6) is 0.398. The molecule has 0 radical (unpaired) electrons. The number of amides is 1. The van der Waals surface area contributed by atoms with Gasteiger partial charge >= 0.3 is 0 Å². The molecule has 0 saturated heterocycles. The van der Waals surface area contributed by atoms with Crippen molar-refractivity contribution in [3.8, 4) is 0 Å². The second-order valence-corrected chi connectivity index (χ2v) is 3.19. The number of nitrogen functional groups attached to an aromatic ring is 1. The second-order valence-electron chi connectivity index (χ2n) is 3.19. The molecule has 1 amide bonds. The summed E-state index contributed by atoms with van der Waals surface area (Å²) in [6.07, 6.45) is 2.63. The van der Waals surface area contributed by atoms with E-state index >= 15 is 0 Å². The van der Waals surface area contributed by atoms with Crippen LogP contribution in [0.2, 0.25) is 0 Å². The van der Waals surface area contributed by atoms with Gasteiger partial charge in [-0.2, -0.15) is 5.10 Å². The maximum atomic E-state index is 11.5. The first-order chi connectivity index (χ1) is 6.65. The molecule has 0 aliphatic rings. The molecule has 1 atom stereocenters. The highest BCUT2D eigenvalue weighted by molar-refractivity contribution is 5.79. The van der Waals surface area contributed by atoms with Crippen molar-refractivity contribution in [2.45, 2.75) is 26.3 Å². The van der Waals surface area contributed by atoms with Crippen molar-refractivity contribution in [2.75, 3.05) is 12.3 Å². The summed E-state index contributed by atoms with van der Waals surface area (Å²) in [5, 5.41) is 6.77. The predicted octanol–water partition coefficient (Wildman–Crippen LogP) is 0.552. The maximum absolute atomic E-state index is 11.5. The third-order valence-corrected chi connectivity index (χ3v) is 1.95. The molecule has 3 N–H and O–H groups in total. The zero-order chi connectivity index (χ0) is 10.6. The number of hydrogen-bond donors (Lipinski definition) is 2. The highest BCUT2D eigenvalue weighted by Gasteiger charge is 2.14. The van der Waals surface area contributed by atoms with E-state index in [0.717, 1.165) is 6.42 Å². The van der Waals surface area contributed by atoms with Crippen LogP contribution >= 0.6 is 0 Å². The molecule has 5 nitrogen and oxygen atoms in total. The predicted molar refractivity (Wildman–Crippen MR) is 54.7 cm³/mol. The number of carbonyl (C=O) groups is 1. The van der Waals surface area contributed by atoms with Crippen LogP contribution < -0.4 is 11.1 Å². The molecule has 1 rings (SSSR count). The molecule has 1 unspecified atom stereocenters. The third-order valence-electron chi connectivity index (χ3n) is 1.95. The van der Waals surface area contributed by atoms with E-state index in [1.54, 1.807) is 23.9 Å². The van der Waals surface area contributed by atoms with E-state index in [9.17, 15) is 4.79 Å². The molecule has 0 fully saturated rings. The quantitative estimate of drug-likeness (QED) is 0.738. The summed E-state index contributed by atoms with van der Waals surface area (Å²) >= 11 is 0. The molecule has 14 heavy (non-hydrogen) atoms. The van der Waals surface area contributed by atoms with E-state index in [1.165, 1.54) is 0 Å². The molecule has 5 heteroatoms. The van der Waals surface area contributed by atoms with Gasteiger partial charge in [0, 0.05) is 12.7 Å². The molecular formula is C9H16N4O. The number of nitrogens with two attached hydrogens (primary N) is 1. The largest absolute Gasteiger partial charge is 0.382 e. The van der Waals surface area contributed by atoms with Crippen LogP contribution in [0.15, 0.2) is 12.3 Å². The monoisotopic (exact) mass is 196 g/mol. The van der Waals surface area contributed by atoms with Crippen LogP contribution in [-0.2, 0) is 4.79 Å². The summed E-state index contributed by atoms with van der Waals surface area (Å²) in [5.41, 5.74) is 5.45. The van der Waals surface area contributed by atoms with E-state index in [2.05, 4.69) is 10.4 Å². The number of carbonyl (C=O) groups excluding carboxylic acids is 1. The molecule has 0 aliphatic carbocycles. The molecule has 0 spiro atoms. The number of hydrogen-bond acceptors (Lipinski definition) is 3. The molecule has 78 valence electrons. The summed E-state index contributed by atoms with van der Waals surface area (Å²) in [4.78, 5) is 11.5. The Morgan fingerprint density at radius 2 is 2.50 bits per heavy atom. The first kappa shape index (κ1) is 10.6. The highest BCUT2D eigenvalue weighted by atomic mass is 16.2.